The van der Waals surface area contributed by atoms with E-state index in [0.717, 1.165) is 19.4 Å². The fraction of sp³-hybridized carbons (Fsp3) is 0.938. The summed E-state index contributed by atoms with van der Waals surface area (Å²) in [4.78, 5) is 16.9. The molecule has 0 aromatic carbocycles. The normalized spacial score (nSPS) is 28.6. The summed E-state index contributed by atoms with van der Waals surface area (Å²) < 4.78 is 5.19. The standard InChI is InChI=1S/C16H31N3O2/c1-4-18-8-10-19(11-9-18)15-7-5-6-14(12-15)17-16(20)21-13(2)3/h13-15H,4-12H2,1-3H3,(H,17,20)/t14?,15-/m1/s1. The van der Waals surface area contributed by atoms with Crippen molar-refractivity contribution in [1.82, 2.24) is 15.1 Å². The molecule has 1 aliphatic heterocycles. The van der Waals surface area contributed by atoms with E-state index in [-0.39, 0.29) is 18.2 Å². The van der Waals surface area contributed by atoms with Crippen molar-refractivity contribution in [2.24, 2.45) is 0 Å². The molecule has 0 spiro atoms. The van der Waals surface area contributed by atoms with Gasteiger partial charge in [-0.05, 0) is 46.1 Å². The summed E-state index contributed by atoms with van der Waals surface area (Å²) in [5.41, 5.74) is 0. The number of likely N-dealkylation sites (N-methyl/N-ethyl adjacent to an activating group) is 1. The highest BCUT2D eigenvalue weighted by Gasteiger charge is 2.29. The molecule has 2 atom stereocenters. The van der Waals surface area contributed by atoms with Crippen molar-refractivity contribution in [1.29, 1.82) is 0 Å². The quantitative estimate of drug-likeness (QED) is 0.863. The Labute approximate surface area is 129 Å². The Bertz CT molecular complexity index is 327. The summed E-state index contributed by atoms with van der Waals surface area (Å²) >= 11 is 0. The van der Waals surface area contributed by atoms with Gasteiger partial charge in [-0.3, -0.25) is 4.90 Å². The Morgan fingerprint density at radius 2 is 1.95 bits per heavy atom. The predicted octanol–water partition coefficient (Wildman–Crippen LogP) is 2.07. The average Bonchev–Trinajstić information content (AvgIpc) is 2.46. The highest BCUT2D eigenvalue weighted by atomic mass is 16.6. The van der Waals surface area contributed by atoms with Gasteiger partial charge in [-0.25, -0.2) is 4.79 Å². The molecule has 2 aliphatic rings. The topological polar surface area (TPSA) is 44.8 Å². The smallest absolute Gasteiger partial charge is 0.407 e. The van der Waals surface area contributed by atoms with Crippen LogP contribution in [0.5, 0.6) is 0 Å². The van der Waals surface area contributed by atoms with Crippen molar-refractivity contribution >= 4 is 6.09 Å². The van der Waals surface area contributed by atoms with Crippen LogP contribution in [0.25, 0.3) is 0 Å². The highest BCUT2D eigenvalue weighted by Crippen LogP contribution is 2.24. The molecule has 0 radical (unpaired) electrons. The first-order valence-electron chi connectivity index (χ1n) is 8.52. The molecule has 5 heteroatoms. The monoisotopic (exact) mass is 297 g/mol. The second kappa shape index (κ2) is 7.99. The number of rotatable bonds is 4. The van der Waals surface area contributed by atoms with Gasteiger partial charge < -0.3 is 15.0 Å². The lowest BCUT2D eigenvalue weighted by Gasteiger charge is -2.42. The summed E-state index contributed by atoms with van der Waals surface area (Å²) in [5, 5.41) is 3.04. The number of piperazine rings is 1. The van der Waals surface area contributed by atoms with Crippen LogP contribution in [0.3, 0.4) is 0 Å². The number of alkyl carbamates (subject to hydrolysis) is 1. The van der Waals surface area contributed by atoms with Gasteiger partial charge in [0, 0.05) is 38.3 Å². The fourth-order valence-electron chi connectivity index (χ4n) is 3.49. The first kappa shape index (κ1) is 16.6. The Kier molecular flexibility index (Phi) is 6.30. The third-order valence-electron chi connectivity index (χ3n) is 4.68. The van der Waals surface area contributed by atoms with E-state index in [2.05, 4.69) is 22.0 Å². The maximum Gasteiger partial charge on any atom is 0.407 e. The summed E-state index contributed by atoms with van der Waals surface area (Å²) in [6.45, 7) is 11.9. The van der Waals surface area contributed by atoms with Gasteiger partial charge in [0.05, 0.1) is 6.10 Å². The SMILES string of the molecule is CCN1CCN([C@@H]2CCCC(NC(=O)OC(C)C)C2)CC1. The summed E-state index contributed by atoms with van der Waals surface area (Å²) in [6.07, 6.45) is 4.31. The summed E-state index contributed by atoms with van der Waals surface area (Å²) in [6, 6.07) is 0.904. The number of amides is 1. The molecule has 1 unspecified atom stereocenters. The van der Waals surface area contributed by atoms with Gasteiger partial charge in [-0.1, -0.05) is 6.92 Å². The third kappa shape index (κ3) is 5.15. The molecule has 1 saturated carbocycles. The maximum atomic E-state index is 11.7. The number of nitrogens with one attached hydrogen (secondary N) is 1. The third-order valence-corrected chi connectivity index (χ3v) is 4.68. The van der Waals surface area contributed by atoms with Gasteiger partial charge in [-0.2, -0.15) is 0 Å². The largest absolute Gasteiger partial charge is 0.447 e. The van der Waals surface area contributed by atoms with Crippen molar-refractivity contribution < 1.29 is 9.53 Å². The van der Waals surface area contributed by atoms with Crippen molar-refractivity contribution in [2.75, 3.05) is 32.7 Å². The number of ether oxygens (including phenoxy) is 1. The van der Waals surface area contributed by atoms with Crippen LogP contribution in [-0.4, -0.2) is 66.8 Å². The molecule has 1 saturated heterocycles. The van der Waals surface area contributed by atoms with Gasteiger partial charge in [0.25, 0.3) is 0 Å². The van der Waals surface area contributed by atoms with E-state index in [1.807, 2.05) is 13.8 Å². The van der Waals surface area contributed by atoms with Crippen LogP contribution in [0, 0.1) is 0 Å². The van der Waals surface area contributed by atoms with Crippen molar-refractivity contribution in [3.05, 3.63) is 0 Å². The van der Waals surface area contributed by atoms with E-state index in [1.54, 1.807) is 0 Å². The van der Waals surface area contributed by atoms with Gasteiger partial charge in [0.2, 0.25) is 0 Å². The zero-order valence-corrected chi connectivity index (χ0v) is 13.8. The molecule has 1 heterocycles. The van der Waals surface area contributed by atoms with E-state index in [4.69, 9.17) is 4.74 Å². The molecule has 0 aromatic heterocycles. The van der Waals surface area contributed by atoms with Crippen LogP contribution in [-0.2, 0) is 4.74 Å². The van der Waals surface area contributed by atoms with Gasteiger partial charge in [0.1, 0.15) is 0 Å². The molecule has 0 aromatic rings. The van der Waals surface area contributed by atoms with E-state index in [1.165, 1.54) is 39.0 Å². The molecule has 2 rings (SSSR count). The molecule has 122 valence electrons. The second-order valence-corrected chi connectivity index (χ2v) is 6.59. The lowest BCUT2D eigenvalue weighted by atomic mass is 9.89. The molecular weight excluding hydrogens is 266 g/mol. The maximum absolute atomic E-state index is 11.7. The summed E-state index contributed by atoms with van der Waals surface area (Å²) in [5.74, 6) is 0. The van der Waals surface area contributed by atoms with E-state index >= 15 is 0 Å². The lowest BCUT2D eigenvalue weighted by molar-refractivity contribution is 0.0698. The Morgan fingerprint density at radius 1 is 1.24 bits per heavy atom. The van der Waals surface area contributed by atoms with E-state index in [0.29, 0.717) is 6.04 Å². The minimum Gasteiger partial charge on any atom is -0.447 e. The van der Waals surface area contributed by atoms with Crippen molar-refractivity contribution in [3.8, 4) is 0 Å². The molecule has 21 heavy (non-hydrogen) atoms. The summed E-state index contributed by atoms with van der Waals surface area (Å²) in [7, 11) is 0. The minimum absolute atomic E-state index is 0.0495. The van der Waals surface area contributed by atoms with Crippen LogP contribution in [0.15, 0.2) is 0 Å². The van der Waals surface area contributed by atoms with Gasteiger partial charge in [-0.15, -0.1) is 0 Å². The van der Waals surface area contributed by atoms with Crippen molar-refractivity contribution in [3.63, 3.8) is 0 Å². The molecule has 2 fully saturated rings. The molecule has 5 nitrogen and oxygen atoms in total. The Morgan fingerprint density at radius 3 is 2.57 bits per heavy atom. The van der Waals surface area contributed by atoms with Crippen molar-refractivity contribution in [2.45, 2.75) is 64.6 Å². The zero-order valence-electron chi connectivity index (χ0n) is 13.8. The van der Waals surface area contributed by atoms with Crippen LogP contribution in [0.2, 0.25) is 0 Å². The van der Waals surface area contributed by atoms with E-state index in [9.17, 15) is 4.79 Å². The van der Waals surface area contributed by atoms with E-state index < -0.39 is 0 Å². The van der Waals surface area contributed by atoms with Crippen LogP contribution >= 0.6 is 0 Å². The first-order valence-corrected chi connectivity index (χ1v) is 8.52. The Balaban J connectivity index is 1.77. The minimum atomic E-state index is -0.258. The molecule has 1 amide bonds. The number of carbonyl (C=O) groups is 1. The second-order valence-electron chi connectivity index (χ2n) is 6.59. The number of hydrogen-bond donors (Lipinski definition) is 1. The number of hydrogen-bond acceptors (Lipinski definition) is 4. The number of carbonyl (C=O) groups excluding carboxylic acids is 1. The Hall–Kier alpha value is -0.810. The van der Waals surface area contributed by atoms with Gasteiger partial charge >= 0.3 is 6.09 Å². The van der Waals surface area contributed by atoms with Gasteiger partial charge in [0.15, 0.2) is 0 Å². The molecular formula is C16H31N3O2. The number of nitrogens with zero attached hydrogens (tertiary/aromatic N) is 2. The fourth-order valence-corrected chi connectivity index (χ4v) is 3.49. The van der Waals surface area contributed by atoms with Crippen LogP contribution in [0.4, 0.5) is 4.79 Å². The first-order chi connectivity index (χ1) is 10.1. The lowest BCUT2D eigenvalue weighted by Crippen LogP contribution is -2.53. The zero-order chi connectivity index (χ0) is 15.2. The molecule has 1 aliphatic carbocycles. The average molecular weight is 297 g/mol. The molecule has 1 N–H and O–H groups in total. The molecule has 0 bridgehead atoms. The van der Waals surface area contributed by atoms with Crippen LogP contribution < -0.4 is 5.32 Å². The van der Waals surface area contributed by atoms with Crippen LogP contribution in [0.1, 0.15) is 46.5 Å². The highest BCUT2D eigenvalue weighted by molar-refractivity contribution is 5.67. The predicted molar refractivity (Wildman–Crippen MR) is 84.5 cm³/mol.